The molecule has 0 atom stereocenters. The van der Waals surface area contributed by atoms with Crippen molar-refractivity contribution < 1.29 is 40.3 Å². The first-order valence-corrected chi connectivity index (χ1v) is 14.5. The normalized spacial score (nSPS) is 15.2. The van der Waals surface area contributed by atoms with E-state index < -0.39 is 29.6 Å². The van der Waals surface area contributed by atoms with Crippen molar-refractivity contribution in [2.45, 2.75) is 58.3 Å². The summed E-state index contributed by atoms with van der Waals surface area (Å²) in [6.45, 7) is 4.42. The lowest BCUT2D eigenvalue weighted by molar-refractivity contribution is -0.185. The quantitative estimate of drug-likeness (QED) is 0.191. The fourth-order valence-corrected chi connectivity index (χ4v) is 5.80. The van der Waals surface area contributed by atoms with Crippen LogP contribution in [0.4, 0.5) is 26.3 Å². The average Bonchev–Trinajstić information content (AvgIpc) is 3.57. The van der Waals surface area contributed by atoms with Crippen LogP contribution in [0.15, 0.2) is 51.8 Å². The van der Waals surface area contributed by atoms with E-state index in [1.165, 1.54) is 23.5 Å². The van der Waals surface area contributed by atoms with Crippen LogP contribution in [0.3, 0.4) is 0 Å². The van der Waals surface area contributed by atoms with Crippen LogP contribution in [0.1, 0.15) is 42.8 Å². The number of rotatable bonds is 9. The third-order valence-corrected chi connectivity index (χ3v) is 8.16. The van der Waals surface area contributed by atoms with E-state index in [0.29, 0.717) is 38.2 Å². The van der Waals surface area contributed by atoms with Crippen LogP contribution >= 0.6 is 11.3 Å². The largest absolute Gasteiger partial charge is 0.490 e. The van der Waals surface area contributed by atoms with Gasteiger partial charge in [-0.1, -0.05) is 17.3 Å². The van der Waals surface area contributed by atoms with E-state index in [2.05, 4.69) is 19.6 Å². The molecule has 236 valence electrons. The van der Waals surface area contributed by atoms with Crippen LogP contribution in [-0.2, 0) is 19.3 Å². The van der Waals surface area contributed by atoms with E-state index in [4.69, 9.17) is 9.47 Å². The Balaban J connectivity index is 1.39. The number of H-pyrrole nitrogens is 1. The van der Waals surface area contributed by atoms with Gasteiger partial charge in [-0.25, -0.2) is 9.78 Å². The van der Waals surface area contributed by atoms with Gasteiger partial charge in [0.15, 0.2) is 5.82 Å². The van der Waals surface area contributed by atoms with Crippen molar-refractivity contribution in [2.75, 3.05) is 13.1 Å². The molecule has 44 heavy (non-hydrogen) atoms. The lowest BCUT2D eigenvalue weighted by atomic mass is 9.96. The molecule has 0 amide bonds. The highest BCUT2D eigenvalue weighted by molar-refractivity contribution is 7.15. The van der Waals surface area contributed by atoms with Crippen LogP contribution < -0.4 is 15.2 Å². The lowest BCUT2D eigenvalue weighted by Crippen LogP contribution is -2.38. The molecular formula is C29H28F6N4O4S. The number of hydrogen-bond acceptors (Lipinski definition) is 8. The molecule has 0 spiro atoms. The van der Waals surface area contributed by atoms with Gasteiger partial charge in [-0.3, -0.25) is 14.4 Å². The third kappa shape index (κ3) is 7.62. The topological polar surface area (TPSA) is 93.5 Å². The summed E-state index contributed by atoms with van der Waals surface area (Å²) in [4.78, 5) is 21.2. The standard InChI is InChI=1S/C29H28F6N4O4S/c1-16(2)42-23-13-20(7-8-21(23)25-37-27(40)43-38-25)41-15-24-22(14-39-11-9-19(10-12-39)29(33,34)35)36-26(44-24)17-3-5-18(6-4-17)28(30,31)32/h3-8,13,16,19H,9-12,14-15H2,1-2H3,(H,37,38,40). The Morgan fingerprint density at radius 2 is 1.77 bits per heavy atom. The number of thiazole rings is 1. The second-order valence-corrected chi connectivity index (χ2v) is 11.7. The predicted octanol–water partition coefficient (Wildman–Crippen LogP) is 7.31. The highest BCUT2D eigenvalue weighted by atomic mass is 32.1. The Morgan fingerprint density at radius 3 is 2.36 bits per heavy atom. The molecule has 2 aromatic heterocycles. The Morgan fingerprint density at radius 1 is 1.07 bits per heavy atom. The summed E-state index contributed by atoms with van der Waals surface area (Å²) in [5, 5.41) is 4.18. The van der Waals surface area contributed by atoms with Gasteiger partial charge in [0.1, 0.15) is 23.1 Å². The number of nitrogens with one attached hydrogen (secondary N) is 1. The molecule has 5 rings (SSSR count). The van der Waals surface area contributed by atoms with E-state index in [0.717, 1.165) is 12.1 Å². The van der Waals surface area contributed by atoms with Crippen molar-refractivity contribution in [1.29, 1.82) is 0 Å². The summed E-state index contributed by atoms with van der Waals surface area (Å²) in [5.74, 6) is -1.10. The number of alkyl halides is 6. The van der Waals surface area contributed by atoms with Crippen LogP contribution in [-0.4, -0.2) is 45.4 Å². The summed E-state index contributed by atoms with van der Waals surface area (Å²) in [6.07, 6.45) is -8.98. The summed E-state index contributed by atoms with van der Waals surface area (Å²) in [7, 11) is 0. The van der Waals surface area contributed by atoms with Crippen LogP contribution in [0, 0.1) is 5.92 Å². The maximum Gasteiger partial charge on any atom is 0.439 e. The monoisotopic (exact) mass is 642 g/mol. The smallest absolute Gasteiger partial charge is 0.439 e. The van der Waals surface area contributed by atoms with Gasteiger partial charge in [0.2, 0.25) is 0 Å². The van der Waals surface area contributed by atoms with Crippen molar-refractivity contribution in [3.63, 3.8) is 0 Å². The first-order chi connectivity index (χ1) is 20.8. The molecule has 15 heteroatoms. The van der Waals surface area contributed by atoms with Crippen LogP contribution in [0.2, 0.25) is 0 Å². The van der Waals surface area contributed by atoms with Gasteiger partial charge in [-0.15, -0.1) is 11.3 Å². The number of hydrogen-bond donors (Lipinski definition) is 1. The molecule has 0 bridgehead atoms. The fourth-order valence-electron chi connectivity index (χ4n) is 4.81. The van der Waals surface area contributed by atoms with Crippen molar-refractivity contribution in [3.05, 3.63) is 69.1 Å². The molecule has 4 aromatic rings. The first-order valence-electron chi connectivity index (χ1n) is 13.7. The minimum Gasteiger partial charge on any atom is -0.490 e. The summed E-state index contributed by atoms with van der Waals surface area (Å²) < 4.78 is 95.4. The number of ether oxygens (including phenoxy) is 2. The molecule has 0 unspecified atom stereocenters. The van der Waals surface area contributed by atoms with Crippen molar-refractivity contribution in [2.24, 2.45) is 5.92 Å². The van der Waals surface area contributed by atoms with Gasteiger partial charge >= 0.3 is 18.1 Å². The number of likely N-dealkylation sites (tertiary alicyclic amines) is 1. The van der Waals surface area contributed by atoms with Gasteiger partial charge in [-0.2, -0.15) is 26.3 Å². The molecule has 3 heterocycles. The SMILES string of the molecule is CC(C)Oc1cc(OCc2sc(-c3ccc(C(F)(F)F)cc3)nc2CN2CCC(C(F)(F)F)CC2)ccc1-c1noc(=O)[nH]1. The fraction of sp³-hybridized carbons (Fsp3) is 0.414. The van der Waals surface area contributed by atoms with Crippen molar-refractivity contribution in [3.8, 4) is 33.5 Å². The highest BCUT2D eigenvalue weighted by Crippen LogP contribution is 2.37. The Labute approximate surface area is 251 Å². The average molecular weight is 643 g/mol. The number of aromatic amines is 1. The molecule has 0 radical (unpaired) electrons. The van der Waals surface area contributed by atoms with Crippen molar-refractivity contribution in [1.82, 2.24) is 20.0 Å². The van der Waals surface area contributed by atoms with Gasteiger partial charge in [0, 0.05) is 18.2 Å². The summed E-state index contributed by atoms with van der Waals surface area (Å²) in [6, 6.07) is 9.56. The van der Waals surface area contributed by atoms with Gasteiger partial charge < -0.3 is 9.47 Å². The van der Waals surface area contributed by atoms with Gasteiger partial charge in [-0.05, 0) is 64.0 Å². The molecule has 0 aliphatic carbocycles. The molecule has 1 aliphatic heterocycles. The molecular weight excluding hydrogens is 614 g/mol. The second kappa shape index (κ2) is 12.6. The summed E-state index contributed by atoms with van der Waals surface area (Å²) >= 11 is 1.24. The number of nitrogens with zero attached hydrogens (tertiary/aromatic N) is 3. The summed E-state index contributed by atoms with van der Waals surface area (Å²) in [5.41, 5.74) is 0.740. The first kappa shape index (κ1) is 31.6. The predicted molar refractivity (Wildman–Crippen MR) is 149 cm³/mol. The van der Waals surface area contributed by atoms with E-state index in [1.54, 1.807) is 18.2 Å². The van der Waals surface area contributed by atoms with E-state index in [1.807, 2.05) is 18.7 Å². The van der Waals surface area contributed by atoms with E-state index in [9.17, 15) is 31.1 Å². The molecule has 8 nitrogen and oxygen atoms in total. The van der Waals surface area contributed by atoms with E-state index >= 15 is 0 Å². The maximum absolute atomic E-state index is 13.2. The Bertz CT molecular complexity index is 1620. The number of aromatic nitrogens is 3. The third-order valence-electron chi connectivity index (χ3n) is 7.04. The lowest BCUT2D eigenvalue weighted by Gasteiger charge is -2.32. The van der Waals surface area contributed by atoms with E-state index in [-0.39, 0.29) is 51.0 Å². The molecule has 2 aromatic carbocycles. The zero-order chi connectivity index (χ0) is 31.6. The Hall–Kier alpha value is -3.85. The molecule has 1 fully saturated rings. The highest BCUT2D eigenvalue weighted by Gasteiger charge is 2.41. The zero-order valence-corrected chi connectivity index (χ0v) is 24.4. The minimum absolute atomic E-state index is 0.0208. The molecule has 0 saturated carbocycles. The van der Waals surface area contributed by atoms with Crippen LogP contribution in [0.5, 0.6) is 11.5 Å². The second-order valence-electron chi connectivity index (χ2n) is 10.6. The Kier molecular flexibility index (Phi) is 9.07. The van der Waals surface area contributed by atoms with Crippen LogP contribution in [0.25, 0.3) is 22.0 Å². The molecule has 1 aliphatic rings. The number of halogens is 6. The molecule has 1 saturated heterocycles. The molecule has 1 N–H and O–H groups in total. The number of benzene rings is 2. The van der Waals surface area contributed by atoms with Gasteiger partial charge in [0.05, 0.1) is 33.7 Å². The number of piperidine rings is 1. The maximum atomic E-state index is 13.2. The zero-order valence-electron chi connectivity index (χ0n) is 23.6. The minimum atomic E-state index is -4.48. The van der Waals surface area contributed by atoms with Crippen molar-refractivity contribution >= 4 is 11.3 Å². The van der Waals surface area contributed by atoms with Gasteiger partial charge in [0.25, 0.3) is 0 Å².